The van der Waals surface area contributed by atoms with E-state index in [-0.39, 0.29) is 12.2 Å². The van der Waals surface area contributed by atoms with Gasteiger partial charge in [-0.25, -0.2) is 13.2 Å². The van der Waals surface area contributed by atoms with Crippen LogP contribution in [-0.4, -0.2) is 5.92 Å². The van der Waals surface area contributed by atoms with Crippen LogP contribution in [0.3, 0.4) is 0 Å². The lowest BCUT2D eigenvalue weighted by molar-refractivity contribution is -0.00988. The van der Waals surface area contributed by atoms with E-state index in [9.17, 15) is 13.2 Å². The number of hydrogen-bond acceptors (Lipinski definition) is 0. The molecule has 110 valence electrons. The van der Waals surface area contributed by atoms with Crippen LogP contribution in [0, 0.1) is 12.7 Å². The van der Waals surface area contributed by atoms with Crippen LogP contribution in [0.5, 0.6) is 0 Å². The molecule has 1 atom stereocenters. The average molecular weight is 290 g/mol. The quantitative estimate of drug-likeness (QED) is 0.728. The Labute approximate surface area is 122 Å². The number of rotatable bonds is 2. The zero-order valence-corrected chi connectivity index (χ0v) is 12.1. The normalized spacial score (nSPS) is 19.6. The third-order valence-electron chi connectivity index (χ3n) is 4.32. The monoisotopic (exact) mass is 290 g/mol. The standard InChI is InChI=1S/C18H17F3/c1-11-6-13(9-15(19)7-11)8-14-4-3-5-16-12(2)18(20,21)10-17(14)16/h3-7,9,12H,8,10H2,1-2H3. The number of aryl methyl sites for hydroxylation is 1. The topological polar surface area (TPSA) is 0 Å². The lowest BCUT2D eigenvalue weighted by Gasteiger charge is -2.13. The van der Waals surface area contributed by atoms with Crippen LogP contribution in [0.4, 0.5) is 13.2 Å². The summed E-state index contributed by atoms with van der Waals surface area (Å²) in [4.78, 5) is 0. The molecule has 0 N–H and O–H groups in total. The Morgan fingerprint density at radius 2 is 1.95 bits per heavy atom. The van der Waals surface area contributed by atoms with E-state index in [0.717, 1.165) is 27.8 Å². The maximum absolute atomic E-state index is 13.9. The van der Waals surface area contributed by atoms with Crippen molar-refractivity contribution in [1.82, 2.24) is 0 Å². The molecule has 2 aromatic carbocycles. The summed E-state index contributed by atoms with van der Waals surface area (Å²) in [7, 11) is 0. The van der Waals surface area contributed by atoms with Gasteiger partial charge in [-0.1, -0.05) is 31.2 Å². The van der Waals surface area contributed by atoms with Gasteiger partial charge in [-0.05, 0) is 53.3 Å². The molecule has 0 heterocycles. The lowest BCUT2D eigenvalue weighted by Crippen LogP contribution is -2.19. The van der Waals surface area contributed by atoms with E-state index in [1.54, 1.807) is 13.0 Å². The third kappa shape index (κ3) is 2.57. The first-order valence-corrected chi connectivity index (χ1v) is 7.11. The van der Waals surface area contributed by atoms with Crippen molar-refractivity contribution in [3.63, 3.8) is 0 Å². The van der Waals surface area contributed by atoms with Crippen LogP contribution < -0.4 is 0 Å². The first-order chi connectivity index (χ1) is 9.87. The first-order valence-electron chi connectivity index (χ1n) is 7.11. The predicted octanol–water partition coefficient (Wildman–Crippen LogP) is 5.02. The summed E-state index contributed by atoms with van der Waals surface area (Å²) < 4.78 is 41.3. The van der Waals surface area contributed by atoms with Crippen LogP contribution in [-0.2, 0) is 12.8 Å². The molecule has 3 rings (SSSR count). The summed E-state index contributed by atoms with van der Waals surface area (Å²) >= 11 is 0. The van der Waals surface area contributed by atoms with E-state index in [2.05, 4.69) is 0 Å². The predicted molar refractivity (Wildman–Crippen MR) is 77.5 cm³/mol. The number of alkyl halides is 2. The van der Waals surface area contributed by atoms with E-state index >= 15 is 0 Å². The molecule has 0 aliphatic heterocycles. The van der Waals surface area contributed by atoms with E-state index in [0.29, 0.717) is 6.42 Å². The molecule has 0 spiro atoms. The van der Waals surface area contributed by atoms with Gasteiger partial charge in [0.05, 0.1) is 0 Å². The summed E-state index contributed by atoms with van der Waals surface area (Å²) in [6.07, 6.45) is 0.276. The minimum Gasteiger partial charge on any atom is -0.207 e. The molecule has 2 aromatic rings. The second-order valence-corrected chi connectivity index (χ2v) is 5.96. The fourth-order valence-electron chi connectivity index (χ4n) is 3.19. The number of hydrogen-bond donors (Lipinski definition) is 0. The third-order valence-corrected chi connectivity index (χ3v) is 4.32. The van der Waals surface area contributed by atoms with Gasteiger partial charge in [0.15, 0.2) is 0 Å². The van der Waals surface area contributed by atoms with Crippen molar-refractivity contribution in [1.29, 1.82) is 0 Å². The lowest BCUT2D eigenvalue weighted by atomic mass is 9.95. The largest absolute Gasteiger partial charge is 0.258 e. The van der Waals surface area contributed by atoms with Crippen molar-refractivity contribution >= 4 is 0 Å². The fourth-order valence-corrected chi connectivity index (χ4v) is 3.19. The second kappa shape index (κ2) is 4.90. The Hall–Kier alpha value is -1.77. The van der Waals surface area contributed by atoms with Crippen molar-refractivity contribution in [3.05, 3.63) is 70.0 Å². The molecule has 0 saturated heterocycles. The second-order valence-electron chi connectivity index (χ2n) is 5.96. The molecule has 3 heteroatoms. The highest BCUT2D eigenvalue weighted by atomic mass is 19.3. The van der Waals surface area contributed by atoms with Gasteiger partial charge >= 0.3 is 0 Å². The molecule has 21 heavy (non-hydrogen) atoms. The molecule has 0 bridgehead atoms. The molecular weight excluding hydrogens is 273 g/mol. The summed E-state index contributed by atoms with van der Waals surface area (Å²) in [5.41, 5.74) is 4.00. The van der Waals surface area contributed by atoms with Gasteiger partial charge in [0, 0.05) is 12.3 Å². The van der Waals surface area contributed by atoms with Crippen molar-refractivity contribution in [2.45, 2.75) is 38.5 Å². The van der Waals surface area contributed by atoms with Crippen LogP contribution >= 0.6 is 0 Å². The summed E-state index contributed by atoms with van der Waals surface area (Å²) in [6, 6.07) is 10.3. The van der Waals surface area contributed by atoms with Crippen LogP contribution in [0.25, 0.3) is 0 Å². The minimum atomic E-state index is -2.68. The first kappa shape index (κ1) is 14.2. The van der Waals surface area contributed by atoms with Gasteiger partial charge in [-0.15, -0.1) is 0 Å². The van der Waals surface area contributed by atoms with Crippen LogP contribution in [0.15, 0.2) is 36.4 Å². The van der Waals surface area contributed by atoms with Crippen molar-refractivity contribution < 1.29 is 13.2 Å². The van der Waals surface area contributed by atoms with Gasteiger partial charge in [-0.3, -0.25) is 0 Å². The van der Waals surface area contributed by atoms with Crippen LogP contribution in [0.2, 0.25) is 0 Å². The summed E-state index contributed by atoms with van der Waals surface area (Å²) in [5, 5.41) is 0. The van der Waals surface area contributed by atoms with Crippen LogP contribution in [0.1, 0.15) is 40.7 Å². The number of halogens is 3. The number of fused-ring (bicyclic) bond motifs is 1. The summed E-state index contributed by atoms with van der Waals surface area (Å²) in [5.74, 6) is -3.71. The molecule has 0 saturated carbocycles. The molecule has 1 unspecified atom stereocenters. The highest BCUT2D eigenvalue weighted by Crippen LogP contribution is 2.45. The van der Waals surface area contributed by atoms with E-state index in [1.165, 1.54) is 12.1 Å². The Morgan fingerprint density at radius 1 is 1.19 bits per heavy atom. The maximum atomic E-state index is 13.9. The highest BCUT2D eigenvalue weighted by Gasteiger charge is 2.45. The smallest absolute Gasteiger partial charge is 0.207 e. The van der Waals surface area contributed by atoms with Crippen molar-refractivity contribution in [2.75, 3.05) is 0 Å². The zero-order valence-electron chi connectivity index (χ0n) is 12.1. The Bertz CT molecular complexity index is 669. The van der Waals surface area contributed by atoms with Gasteiger partial charge in [0.1, 0.15) is 5.82 Å². The van der Waals surface area contributed by atoms with E-state index < -0.39 is 11.8 Å². The maximum Gasteiger partial charge on any atom is 0.258 e. The van der Waals surface area contributed by atoms with Gasteiger partial charge in [0.25, 0.3) is 5.92 Å². The minimum absolute atomic E-state index is 0.214. The SMILES string of the molecule is Cc1cc(F)cc(Cc2cccc3c2CC(F)(F)C3C)c1. The molecule has 0 aromatic heterocycles. The molecule has 0 radical (unpaired) electrons. The van der Waals surface area contributed by atoms with E-state index in [1.807, 2.05) is 25.1 Å². The Balaban J connectivity index is 1.99. The van der Waals surface area contributed by atoms with Crippen molar-refractivity contribution in [3.8, 4) is 0 Å². The van der Waals surface area contributed by atoms with Gasteiger partial charge in [0.2, 0.25) is 0 Å². The average Bonchev–Trinajstić information content (AvgIpc) is 2.61. The highest BCUT2D eigenvalue weighted by molar-refractivity contribution is 5.45. The Kier molecular flexibility index (Phi) is 3.31. The summed E-state index contributed by atoms with van der Waals surface area (Å²) in [6.45, 7) is 3.40. The molecule has 1 aliphatic rings. The molecule has 0 fully saturated rings. The van der Waals surface area contributed by atoms with Gasteiger partial charge < -0.3 is 0 Å². The van der Waals surface area contributed by atoms with Crippen molar-refractivity contribution in [2.24, 2.45) is 0 Å². The fraction of sp³-hybridized carbons (Fsp3) is 0.333. The number of benzene rings is 2. The zero-order chi connectivity index (χ0) is 15.2. The molecule has 0 nitrogen and oxygen atoms in total. The molecular formula is C18H17F3. The van der Waals surface area contributed by atoms with Gasteiger partial charge in [-0.2, -0.15) is 0 Å². The Morgan fingerprint density at radius 3 is 2.67 bits per heavy atom. The van der Waals surface area contributed by atoms with E-state index in [4.69, 9.17) is 0 Å². The molecule has 0 amide bonds. The molecule has 1 aliphatic carbocycles.